The number of aliphatic carboxylic acids is 1. The molecule has 0 aliphatic carbocycles. The fourth-order valence-corrected chi connectivity index (χ4v) is 2.26. The summed E-state index contributed by atoms with van der Waals surface area (Å²) in [5.41, 5.74) is -0.428. The van der Waals surface area contributed by atoms with Crippen molar-refractivity contribution in [2.45, 2.75) is 24.3 Å². The molecule has 0 bridgehead atoms. The number of carboxylic acid groups (broad SMARTS) is 1. The number of nitro groups is 1. The van der Waals surface area contributed by atoms with E-state index in [1.807, 2.05) is 0 Å². The summed E-state index contributed by atoms with van der Waals surface area (Å²) in [5.74, 6) is -2.45. The molecule has 6 nitrogen and oxygen atoms in total. The lowest BCUT2D eigenvalue weighted by Gasteiger charge is -2.18. The van der Waals surface area contributed by atoms with Crippen molar-refractivity contribution in [2.75, 3.05) is 0 Å². The average Bonchev–Trinajstić information content (AvgIpc) is 2.28. The Kier molecular flexibility index (Phi) is 4.35. The third-order valence-electron chi connectivity index (χ3n) is 2.59. The van der Waals surface area contributed by atoms with Gasteiger partial charge in [-0.15, -0.1) is 0 Å². The van der Waals surface area contributed by atoms with E-state index in [2.05, 4.69) is 0 Å². The van der Waals surface area contributed by atoms with E-state index in [1.54, 1.807) is 0 Å². The van der Waals surface area contributed by atoms with Gasteiger partial charge in [-0.05, 0) is 25.5 Å². The maximum Gasteiger partial charge on any atom is 0.321 e. The summed E-state index contributed by atoms with van der Waals surface area (Å²) in [7, 11) is -1.77. The van der Waals surface area contributed by atoms with Crippen molar-refractivity contribution in [2.24, 2.45) is 0 Å². The Balaban J connectivity index is 2.96. The molecular weight excluding hydrogens is 277 g/mol. The van der Waals surface area contributed by atoms with Gasteiger partial charge in [0.15, 0.2) is 0 Å². The van der Waals surface area contributed by atoms with Crippen molar-refractivity contribution < 1.29 is 23.4 Å². The van der Waals surface area contributed by atoms with Gasteiger partial charge in [0.2, 0.25) is 5.82 Å². The van der Waals surface area contributed by atoms with Crippen molar-refractivity contribution in [3.8, 4) is 0 Å². The van der Waals surface area contributed by atoms with Crippen LogP contribution in [0.5, 0.6) is 0 Å². The molecule has 1 rings (SSSR count). The second kappa shape index (κ2) is 5.43. The van der Waals surface area contributed by atoms with E-state index in [4.69, 9.17) is 5.11 Å². The SMILES string of the molecule is CC(C)(C(=O)O)S(=O)Cc1ccc([N+](=O)[O-])c(F)c1. The molecule has 0 heterocycles. The molecule has 0 saturated heterocycles. The van der Waals surface area contributed by atoms with Crippen LogP contribution in [0.25, 0.3) is 0 Å². The molecule has 0 spiro atoms. The van der Waals surface area contributed by atoms with Gasteiger partial charge in [-0.1, -0.05) is 6.07 Å². The Labute approximate surface area is 110 Å². The van der Waals surface area contributed by atoms with E-state index in [-0.39, 0.29) is 11.3 Å². The summed E-state index contributed by atoms with van der Waals surface area (Å²) < 4.78 is 23.8. The topological polar surface area (TPSA) is 97.5 Å². The first kappa shape index (κ1) is 15.2. The molecule has 1 aromatic carbocycles. The quantitative estimate of drug-likeness (QED) is 0.659. The summed E-state index contributed by atoms with van der Waals surface area (Å²) in [6.07, 6.45) is 0. The van der Waals surface area contributed by atoms with Crippen molar-refractivity contribution >= 4 is 22.5 Å². The van der Waals surface area contributed by atoms with Crippen molar-refractivity contribution in [3.05, 3.63) is 39.7 Å². The van der Waals surface area contributed by atoms with Crippen LogP contribution in [0.3, 0.4) is 0 Å². The first-order chi connectivity index (χ1) is 8.66. The molecule has 1 N–H and O–H groups in total. The molecule has 8 heteroatoms. The minimum Gasteiger partial charge on any atom is -0.480 e. The number of hydrogen-bond acceptors (Lipinski definition) is 4. The lowest BCUT2D eigenvalue weighted by Crippen LogP contribution is -2.37. The smallest absolute Gasteiger partial charge is 0.321 e. The van der Waals surface area contributed by atoms with Crippen molar-refractivity contribution in [3.63, 3.8) is 0 Å². The van der Waals surface area contributed by atoms with Crippen LogP contribution in [0.2, 0.25) is 0 Å². The zero-order valence-electron chi connectivity index (χ0n) is 10.3. The number of carboxylic acids is 1. The molecule has 1 unspecified atom stereocenters. The summed E-state index contributed by atoms with van der Waals surface area (Å²) in [6, 6.07) is 3.13. The second-order valence-electron chi connectivity index (χ2n) is 4.35. The number of hydrogen-bond donors (Lipinski definition) is 1. The minimum absolute atomic E-state index is 0.186. The fraction of sp³-hybridized carbons (Fsp3) is 0.364. The molecule has 0 fully saturated rings. The van der Waals surface area contributed by atoms with Crippen LogP contribution in [0.1, 0.15) is 19.4 Å². The van der Waals surface area contributed by atoms with Crippen molar-refractivity contribution in [1.82, 2.24) is 0 Å². The van der Waals surface area contributed by atoms with Crippen LogP contribution in [0.15, 0.2) is 18.2 Å². The zero-order valence-corrected chi connectivity index (χ0v) is 11.1. The van der Waals surface area contributed by atoms with Gasteiger partial charge < -0.3 is 5.11 Å². The Morgan fingerprint density at radius 3 is 2.53 bits per heavy atom. The van der Waals surface area contributed by atoms with Crippen LogP contribution in [0, 0.1) is 15.9 Å². The van der Waals surface area contributed by atoms with Crippen LogP contribution in [-0.4, -0.2) is 25.0 Å². The molecule has 1 atom stereocenters. The average molecular weight is 289 g/mol. The van der Waals surface area contributed by atoms with Gasteiger partial charge in [0.05, 0.1) is 4.92 Å². The van der Waals surface area contributed by atoms with E-state index in [0.717, 1.165) is 12.1 Å². The van der Waals surface area contributed by atoms with Gasteiger partial charge in [-0.3, -0.25) is 19.1 Å². The van der Waals surface area contributed by atoms with E-state index in [1.165, 1.54) is 19.9 Å². The molecule has 1 aromatic rings. The number of halogens is 1. The lowest BCUT2D eigenvalue weighted by atomic mass is 10.2. The zero-order chi connectivity index (χ0) is 14.8. The number of rotatable bonds is 5. The summed E-state index contributed by atoms with van der Waals surface area (Å²) in [6.45, 7) is 2.60. The first-order valence-electron chi connectivity index (χ1n) is 5.21. The Morgan fingerprint density at radius 1 is 1.53 bits per heavy atom. The van der Waals surface area contributed by atoms with E-state index in [0.29, 0.717) is 0 Å². The molecule has 0 amide bonds. The first-order valence-corrected chi connectivity index (χ1v) is 6.53. The summed E-state index contributed by atoms with van der Waals surface area (Å²) in [5, 5.41) is 19.3. The molecule has 0 aromatic heterocycles. The predicted molar refractivity (Wildman–Crippen MR) is 66.6 cm³/mol. The molecule has 0 saturated carbocycles. The maximum atomic E-state index is 13.3. The van der Waals surface area contributed by atoms with Gasteiger partial charge >= 0.3 is 11.7 Å². The van der Waals surface area contributed by atoms with Gasteiger partial charge in [-0.25, -0.2) is 0 Å². The van der Waals surface area contributed by atoms with Crippen LogP contribution < -0.4 is 0 Å². The minimum atomic E-state index is -1.77. The van der Waals surface area contributed by atoms with Gasteiger partial charge in [0, 0.05) is 22.6 Å². The molecule has 0 aliphatic heterocycles. The van der Waals surface area contributed by atoms with Gasteiger partial charge in [0.1, 0.15) is 4.75 Å². The number of nitrogens with zero attached hydrogens (tertiary/aromatic N) is 1. The van der Waals surface area contributed by atoms with Crippen molar-refractivity contribution in [1.29, 1.82) is 0 Å². The third-order valence-corrected chi connectivity index (χ3v) is 4.50. The number of nitro benzene ring substituents is 1. The monoisotopic (exact) mass is 289 g/mol. The molecular formula is C11H12FNO5S. The van der Waals surface area contributed by atoms with Gasteiger partial charge in [0.25, 0.3) is 0 Å². The highest BCUT2D eigenvalue weighted by Gasteiger charge is 2.34. The van der Waals surface area contributed by atoms with E-state index < -0.39 is 37.9 Å². The highest BCUT2D eigenvalue weighted by Crippen LogP contribution is 2.22. The van der Waals surface area contributed by atoms with E-state index in [9.17, 15) is 23.5 Å². The number of carbonyl (C=O) groups is 1. The van der Waals surface area contributed by atoms with E-state index >= 15 is 0 Å². The second-order valence-corrected chi connectivity index (χ2v) is 6.35. The van der Waals surface area contributed by atoms with Crippen LogP contribution in [-0.2, 0) is 21.3 Å². The summed E-state index contributed by atoms with van der Waals surface area (Å²) >= 11 is 0. The standard InChI is InChI=1S/C11H12FNO5S/c1-11(2,10(14)15)19(18)6-7-3-4-9(13(16)17)8(12)5-7/h3-5H,6H2,1-2H3,(H,14,15). The molecule has 104 valence electrons. The normalized spacial score (nSPS) is 13.0. The fourth-order valence-electron chi connectivity index (χ4n) is 1.22. The van der Waals surface area contributed by atoms with Crippen LogP contribution in [0.4, 0.5) is 10.1 Å². The number of benzene rings is 1. The molecule has 0 aliphatic rings. The third kappa shape index (κ3) is 3.34. The van der Waals surface area contributed by atoms with Gasteiger partial charge in [-0.2, -0.15) is 4.39 Å². The Hall–Kier alpha value is -1.83. The highest BCUT2D eigenvalue weighted by molar-refractivity contribution is 7.86. The predicted octanol–water partition coefficient (Wildman–Crippen LogP) is 1.85. The molecule has 19 heavy (non-hydrogen) atoms. The largest absolute Gasteiger partial charge is 0.480 e. The van der Waals surface area contributed by atoms with Crippen LogP contribution >= 0.6 is 0 Å². The Bertz CT molecular complexity index is 558. The summed E-state index contributed by atoms with van der Waals surface area (Å²) in [4.78, 5) is 20.5. The Morgan fingerprint density at radius 2 is 2.11 bits per heavy atom. The molecule has 0 radical (unpaired) electrons. The lowest BCUT2D eigenvalue weighted by molar-refractivity contribution is -0.387. The highest BCUT2D eigenvalue weighted by atomic mass is 32.2. The maximum absolute atomic E-state index is 13.3.